The number of rotatable bonds is 9. The number of esters is 2. The number of carbonyl (C=O) groups is 2. The van der Waals surface area contributed by atoms with Crippen LogP contribution in [0.3, 0.4) is 0 Å². The number of carbonyl (C=O) groups excluding carboxylic acids is 2. The number of fused-ring (bicyclic) bond motifs is 1. The Balaban J connectivity index is 1.94. The average Bonchev–Trinajstić information content (AvgIpc) is 3.24. The number of hydrogen-bond donors (Lipinski definition) is 0. The molecule has 1 unspecified atom stereocenters. The number of ether oxygens (including phenoxy) is 5. The molecule has 2 aromatic carbocycles. The molecule has 0 fully saturated rings. The van der Waals surface area contributed by atoms with Crippen LogP contribution >= 0.6 is 11.3 Å². The van der Waals surface area contributed by atoms with E-state index in [-0.39, 0.29) is 35.2 Å². The van der Waals surface area contributed by atoms with Crippen molar-refractivity contribution < 1.29 is 33.3 Å². The molecule has 216 valence electrons. The Morgan fingerprint density at radius 3 is 2.39 bits per heavy atom. The Labute approximate surface area is 241 Å². The van der Waals surface area contributed by atoms with Crippen molar-refractivity contribution in [2.24, 2.45) is 10.9 Å². The van der Waals surface area contributed by atoms with Crippen molar-refractivity contribution in [3.63, 3.8) is 0 Å². The zero-order valence-electron chi connectivity index (χ0n) is 24.0. The molecule has 0 saturated heterocycles. The first-order valence-electron chi connectivity index (χ1n) is 12.9. The van der Waals surface area contributed by atoms with E-state index in [0.717, 1.165) is 0 Å². The smallest absolute Gasteiger partial charge is 0.338 e. The first kappa shape index (κ1) is 29.6. The Morgan fingerprint density at radius 2 is 1.76 bits per heavy atom. The molecule has 0 aliphatic carbocycles. The van der Waals surface area contributed by atoms with Crippen molar-refractivity contribution in [2.45, 2.75) is 33.7 Å². The van der Waals surface area contributed by atoms with E-state index >= 15 is 0 Å². The van der Waals surface area contributed by atoms with E-state index in [9.17, 15) is 14.4 Å². The highest BCUT2D eigenvalue weighted by Gasteiger charge is 2.34. The molecular weight excluding hydrogens is 548 g/mol. The molecule has 0 spiro atoms. The second-order valence-electron chi connectivity index (χ2n) is 9.69. The van der Waals surface area contributed by atoms with E-state index in [1.165, 1.54) is 29.9 Å². The Morgan fingerprint density at radius 1 is 1.02 bits per heavy atom. The lowest BCUT2D eigenvalue weighted by Gasteiger charge is -2.25. The van der Waals surface area contributed by atoms with Gasteiger partial charge in [-0.3, -0.25) is 14.2 Å². The topological polar surface area (TPSA) is 115 Å². The summed E-state index contributed by atoms with van der Waals surface area (Å²) in [6.07, 6.45) is 1.72. The maximum Gasteiger partial charge on any atom is 0.338 e. The van der Waals surface area contributed by atoms with Crippen LogP contribution < -0.4 is 33.8 Å². The van der Waals surface area contributed by atoms with E-state index < -0.39 is 18.0 Å². The molecule has 0 radical (unpaired) electrons. The summed E-state index contributed by atoms with van der Waals surface area (Å²) >= 11 is 1.20. The molecule has 3 aromatic rings. The summed E-state index contributed by atoms with van der Waals surface area (Å²) in [6.45, 7) is 7.09. The van der Waals surface area contributed by atoms with E-state index in [1.54, 1.807) is 63.6 Å². The third kappa shape index (κ3) is 6.19. The highest BCUT2D eigenvalue weighted by Crippen LogP contribution is 2.36. The van der Waals surface area contributed by atoms with Gasteiger partial charge in [0.25, 0.3) is 5.56 Å². The van der Waals surface area contributed by atoms with Gasteiger partial charge in [-0.05, 0) is 48.7 Å². The number of methoxy groups -OCH3 is 3. The maximum atomic E-state index is 14.0. The van der Waals surface area contributed by atoms with Crippen LogP contribution in [-0.4, -0.2) is 44.4 Å². The van der Waals surface area contributed by atoms with Crippen LogP contribution in [0.5, 0.6) is 23.0 Å². The summed E-state index contributed by atoms with van der Waals surface area (Å²) in [6, 6.07) is 9.33. The highest BCUT2D eigenvalue weighted by atomic mass is 32.1. The van der Waals surface area contributed by atoms with Crippen molar-refractivity contribution in [3.05, 3.63) is 78.5 Å². The van der Waals surface area contributed by atoms with Gasteiger partial charge in [0.05, 0.1) is 49.8 Å². The number of nitrogens with zero attached hydrogens (tertiary/aromatic N) is 2. The normalized spacial score (nSPS) is 14.8. The summed E-state index contributed by atoms with van der Waals surface area (Å²) in [5.41, 5.74) is 1.55. The van der Waals surface area contributed by atoms with Gasteiger partial charge in [-0.2, -0.15) is 0 Å². The largest absolute Gasteiger partial charge is 0.497 e. The minimum Gasteiger partial charge on any atom is -0.497 e. The molecule has 1 aliphatic heterocycles. The maximum absolute atomic E-state index is 14.0. The molecule has 0 saturated carbocycles. The molecule has 10 nitrogen and oxygen atoms in total. The fourth-order valence-electron chi connectivity index (χ4n) is 4.39. The quantitative estimate of drug-likeness (QED) is 0.280. The summed E-state index contributed by atoms with van der Waals surface area (Å²) < 4.78 is 29.0. The number of benzene rings is 2. The molecule has 1 aliphatic rings. The van der Waals surface area contributed by atoms with Crippen molar-refractivity contribution in [1.29, 1.82) is 0 Å². The van der Waals surface area contributed by atoms with Gasteiger partial charge in [-0.1, -0.05) is 31.3 Å². The summed E-state index contributed by atoms with van der Waals surface area (Å²) in [7, 11) is 4.55. The van der Waals surface area contributed by atoms with Gasteiger partial charge in [0, 0.05) is 18.6 Å². The van der Waals surface area contributed by atoms with Crippen LogP contribution in [0.4, 0.5) is 0 Å². The number of aromatic nitrogens is 1. The number of hydrogen-bond acceptors (Lipinski definition) is 10. The van der Waals surface area contributed by atoms with Crippen LogP contribution in [0.25, 0.3) is 6.08 Å². The summed E-state index contributed by atoms with van der Waals surface area (Å²) in [5, 5.41) is 0. The Hall–Kier alpha value is -4.38. The SMILES string of the molecule is COc1ccc(C=c2sc3n(c2=O)C(c2ccc(OC(C)=O)c(OC)c2)C(C(=O)OCC(C)C)=C(C)N=3)c(OC)c1. The molecule has 0 bridgehead atoms. The number of thiazole rings is 1. The van der Waals surface area contributed by atoms with Crippen LogP contribution in [0.2, 0.25) is 0 Å². The van der Waals surface area contributed by atoms with Gasteiger partial charge >= 0.3 is 11.9 Å². The molecule has 0 amide bonds. The highest BCUT2D eigenvalue weighted by molar-refractivity contribution is 7.07. The third-order valence-corrected chi connectivity index (χ3v) is 7.26. The van der Waals surface area contributed by atoms with Gasteiger partial charge in [0.15, 0.2) is 16.3 Å². The molecule has 2 heterocycles. The lowest BCUT2D eigenvalue weighted by molar-refractivity contribution is -0.140. The second kappa shape index (κ2) is 12.4. The van der Waals surface area contributed by atoms with E-state index in [2.05, 4.69) is 4.99 Å². The van der Waals surface area contributed by atoms with Crippen LogP contribution in [0.1, 0.15) is 44.9 Å². The molecule has 4 rings (SSSR count). The summed E-state index contributed by atoms with van der Waals surface area (Å²) in [4.78, 5) is 44.1. The van der Waals surface area contributed by atoms with Crippen molar-refractivity contribution >= 4 is 29.4 Å². The fourth-order valence-corrected chi connectivity index (χ4v) is 5.43. The van der Waals surface area contributed by atoms with Crippen molar-refractivity contribution in [2.75, 3.05) is 27.9 Å². The Bertz CT molecular complexity index is 1700. The lowest BCUT2D eigenvalue weighted by atomic mass is 9.95. The average molecular weight is 581 g/mol. The first-order chi connectivity index (χ1) is 19.6. The van der Waals surface area contributed by atoms with Gasteiger partial charge in [0.1, 0.15) is 11.5 Å². The number of allylic oxidation sites excluding steroid dienone is 1. The van der Waals surface area contributed by atoms with Gasteiger partial charge < -0.3 is 23.7 Å². The third-order valence-electron chi connectivity index (χ3n) is 6.27. The standard InChI is InChI=1S/C30H32N2O8S/c1-16(2)15-39-29(35)26-17(3)31-30-32(27(26)20-9-11-22(40-18(4)33)24(12-20)38-7)28(34)25(41-30)13-19-8-10-21(36-5)14-23(19)37-6/h8-14,16,27H,15H2,1-7H3. The summed E-state index contributed by atoms with van der Waals surface area (Å²) in [5.74, 6) is 0.672. The van der Waals surface area contributed by atoms with Crippen LogP contribution in [0, 0.1) is 5.92 Å². The fraction of sp³-hybridized carbons (Fsp3) is 0.333. The van der Waals surface area contributed by atoms with Gasteiger partial charge in [-0.25, -0.2) is 9.79 Å². The van der Waals surface area contributed by atoms with E-state index in [4.69, 9.17) is 23.7 Å². The van der Waals surface area contributed by atoms with Crippen LogP contribution in [0.15, 0.2) is 57.5 Å². The molecule has 1 aromatic heterocycles. The van der Waals surface area contributed by atoms with Gasteiger partial charge in [-0.15, -0.1) is 0 Å². The van der Waals surface area contributed by atoms with Gasteiger partial charge in [0.2, 0.25) is 0 Å². The van der Waals surface area contributed by atoms with Crippen molar-refractivity contribution in [3.8, 4) is 23.0 Å². The predicted octanol–water partition coefficient (Wildman–Crippen LogP) is 3.39. The molecule has 41 heavy (non-hydrogen) atoms. The van der Waals surface area contributed by atoms with Crippen LogP contribution in [-0.2, 0) is 14.3 Å². The predicted molar refractivity (Wildman–Crippen MR) is 153 cm³/mol. The minimum absolute atomic E-state index is 0.113. The molecule has 1 atom stereocenters. The van der Waals surface area contributed by atoms with E-state index in [1.807, 2.05) is 13.8 Å². The first-order valence-corrected chi connectivity index (χ1v) is 13.7. The van der Waals surface area contributed by atoms with E-state index in [0.29, 0.717) is 37.7 Å². The zero-order chi connectivity index (χ0) is 29.8. The Kier molecular flexibility index (Phi) is 8.97. The van der Waals surface area contributed by atoms with Crippen molar-refractivity contribution in [1.82, 2.24) is 4.57 Å². The molecule has 0 N–H and O–H groups in total. The molecular formula is C30H32N2O8S. The lowest BCUT2D eigenvalue weighted by Crippen LogP contribution is -2.40. The monoisotopic (exact) mass is 580 g/mol. The second-order valence-corrected chi connectivity index (χ2v) is 10.7. The minimum atomic E-state index is -0.869. The molecule has 11 heteroatoms. The zero-order valence-corrected chi connectivity index (χ0v) is 24.8.